The fraction of sp³-hybridized carbons (Fsp3) is 0.737. The van der Waals surface area contributed by atoms with E-state index in [1.165, 1.54) is 23.3 Å². The molecule has 2 heterocycles. The summed E-state index contributed by atoms with van der Waals surface area (Å²) in [4.78, 5) is 17.3. The van der Waals surface area contributed by atoms with Gasteiger partial charge in [0.2, 0.25) is 0 Å². The maximum atomic E-state index is 12.5. The zero-order valence-electron chi connectivity index (χ0n) is 14.3. The van der Waals surface area contributed by atoms with Crippen molar-refractivity contribution in [3.63, 3.8) is 0 Å². The lowest BCUT2D eigenvalue weighted by atomic mass is 9.89. The van der Waals surface area contributed by atoms with Crippen molar-refractivity contribution in [1.82, 2.24) is 10.2 Å². The summed E-state index contributed by atoms with van der Waals surface area (Å²) in [6.45, 7) is 1.99. The maximum absolute atomic E-state index is 12.5. The van der Waals surface area contributed by atoms with Crippen molar-refractivity contribution >= 4 is 17.2 Å². The van der Waals surface area contributed by atoms with Gasteiger partial charge in [-0.15, -0.1) is 11.3 Å². The van der Waals surface area contributed by atoms with Crippen LogP contribution < -0.4 is 5.32 Å². The summed E-state index contributed by atoms with van der Waals surface area (Å²) in [5.74, 6) is 0.116. The lowest BCUT2D eigenvalue weighted by molar-refractivity contribution is 0.00728. The molecule has 1 saturated carbocycles. The number of carbonyl (C=O) groups excluding carboxylic acids is 1. The second-order valence-electron chi connectivity index (χ2n) is 7.62. The zero-order chi connectivity index (χ0) is 16.5. The molecule has 2 N–H and O–H groups in total. The Morgan fingerprint density at radius 1 is 1.12 bits per heavy atom. The Morgan fingerprint density at radius 3 is 2.67 bits per heavy atom. The Labute approximate surface area is 148 Å². The molecule has 0 aromatic carbocycles. The maximum Gasteiger partial charge on any atom is 0.261 e. The van der Waals surface area contributed by atoms with Gasteiger partial charge in [-0.25, -0.2) is 0 Å². The van der Waals surface area contributed by atoms with E-state index in [0.29, 0.717) is 6.04 Å². The molecular formula is C19H28N2O2S. The Balaban J connectivity index is 1.28. The highest BCUT2D eigenvalue weighted by Gasteiger charge is 2.32. The van der Waals surface area contributed by atoms with Gasteiger partial charge in [-0.1, -0.05) is 12.8 Å². The van der Waals surface area contributed by atoms with Gasteiger partial charge in [0.15, 0.2) is 0 Å². The number of rotatable bonds is 3. The van der Waals surface area contributed by atoms with Crippen LogP contribution in [0.2, 0.25) is 0 Å². The molecule has 4 nitrogen and oxygen atoms in total. The molecule has 1 aromatic heterocycles. The van der Waals surface area contributed by atoms with E-state index in [2.05, 4.69) is 16.3 Å². The van der Waals surface area contributed by atoms with Crippen molar-refractivity contribution in [2.75, 3.05) is 13.1 Å². The van der Waals surface area contributed by atoms with E-state index in [-0.39, 0.29) is 18.1 Å². The van der Waals surface area contributed by atoms with Crippen molar-refractivity contribution in [1.29, 1.82) is 0 Å². The van der Waals surface area contributed by atoms with Gasteiger partial charge in [-0.3, -0.25) is 9.69 Å². The fourth-order valence-corrected chi connectivity index (χ4v) is 5.75. The SMILES string of the molecule is O=C(NC1CCN([C@H]2CCCC[C@H]2O)CC1)c1cc2c(s1)CCC2. The quantitative estimate of drug-likeness (QED) is 0.883. The molecule has 1 amide bonds. The van der Waals surface area contributed by atoms with Gasteiger partial charge >= 0.3 is 0 Å². The number of carbonyl (C=O) groups is 1. The minimum atomic E-state index is -0.154. The standard InChI is InChI=1S/C19H28N2O2S/c22-16-6-2-1-5-15(16)21-10-8-14(9-11-21)20-19(23)18-12-13-4-3-7-17(13)24-18/h12,14-16,22H,1-11H2,(H,20,23)/t15-,16+/m0/s1. The number of piperidine rings is 1. The van der Waals surface area contributed by atoms with Crippen LogP contribution in [0.4, 0.5) is 0 Å². The van der Waals surface area contributed by atoms with Gasteiger partial charge in [-0.2, -0.15) is 0 Å². The minimum Gasteiger partial charge on any atom is -0.391 e. The lowest BCUT2D eigenvalue weighted by Crippen LogP contribution is -2.52. The smallest absolute Gasteiger partial charge is 0.261 e. The fourth-order valence-electron chi connectivity index (χ4n) is 4.59. The van der Waals surface area contributed by atoms with Crippen LogP contribution in [-0.2, 0) is 12.8 Å². The van der Waals surface area contributed by atoms with Crippen LogP contribution in [0.15, 0.2) is 6.07 Å². The molecule has 24 heavy (non-hydrogen) atoms. The van der Waals surface area contributed by atoms with Crippen LogP contribution in [0.3, 0.4) is 0 Å². The monoisotopic (exact) mass is 348 g/mol. The summed E-state index contributed by atoms with van der Waals surface area (Å²) in [6, 6.07) is 2.73. The first-order valence-electron chi connectivity index (χ1n) is 9.55. The zero-order valence-corrected chi connectivity index (χ0v) is 15.1. The molecular weight excluding hydrogens is 320 g/mol. The molecule has 1 aromatic rings. The molecule has 3 aliphatic rings. The number of aryl methyl sites for hydroxylation is 2. The highest BCUT2D eigenvalue weighted by molar-refractivity contribution is 7.14. The van der Waals surface area contributed by atoms with Crippen LogP contribution >= 0.6 is 11.3 Å². The summed E-state index contributed by atoms with van der Waals surface area (Å²) in [7, 11) is 0. The molecule has 5 heteroatoms. The number of nitrogens with one attached hydrogen (secondary N) is 1. The van der Waals surface area contributed by atoms with E-state index < -0.39 is 0 Å². The number of amides is 1. The van der Waals surface area contributed by atoms with Crippen LogP contribution in [0.1, 0.15) is 65.1 Å². The largest absolute Gasteiger partial charge is 0.391 e. The van der Waals surface area contributed by atoms with E-state index in [1.54, 1.807) is 11.3 Å². The number of nitrogens with zero attached hydrogens (tertiary/aromatic N) is 1. The minimum absolute atomic E-state index is 0.116. The number of likely N-dealkylation sites (tertiary alicyclic amines) is 1. The van der Waals surface area contributed by atoms with Crippen molar-refractivity contribution in [2.24, 2.45) is 0 Å². The molecule has 0 unspecified atom stereocenters. The van der Waals surface area contributed by atoms with Crippen LogP contribution in [0, 0.1) is 0 Å². The van der Waals surface area contributed by atoms with E-state index >= 15 is 0 Å². The predicted octanol–water partition coefficient (Wildman–Crippen LogP) is 2.73. The molecule has 4 rings (SSSR count). The summed E-state index contributed by atoms with van der Waals surface area (Å²) < 4.78 is 0. The van der Waals surface area contributed by atoms with Crippen LogP contribution in [0.5, 0.6) is 0 Å². The third-order valence-electron chi connectivity index (χ3n) is 6.00. The summed E-state index contributed by atoms with van der Waals surface area (Å²) in [6.07, 6.45) is 9.85. The van der Waals surface area contributed by atoms with E-state index in [9.17, 15) is 9.90 Å². The number of fused-ring (bicyclic) bond motifs is 1. The van der Waals surface area contributed by atoms with Gasteiger partial charge < -0.3 is 10.4 Å². The average Bonchev–Trinajstić information content (AvgIpc) is 3.18. The third kappa shape index (κ3) is 3.39. The van der Waals surface area contributed by atoms with Crippen molar-refractivity contribution in [3.8, 4) is 0 Å². The topological polar surface area (TPSA) is 52.6 Å². The molecule has 132 valence electrons. The molecule has 0 spiro atoms. The number of hydrogen-bond acceptors (Lipinski definition) is 4. The first-order valence-corrected chi connectivity index (χ1v) is 10.4. The molecule has 0 radical (unpaired) electrons. The molecule has 1 aliphatic heterocycles. The summed E-state index contributed by atoms with van der Waals surface area (Å²) in [5.41, 5.74) is 1.39. The molecule has 2 fully saturated rings. The lowest BCUT2D eigenvalue weighted by Gasteiger charge is -2.41. The van der Waals surface area contributed by atoms with Gasteiger partial charge in [-0.05, 0) is 56.6 Å². The van der Waals surface area contributed by atoms with E-state index in [4.69, 9.17) is 0 Å². The number of hydrogen-bond donors (Lipinski definition) is 2. The van der Waals surface area contributed by atoms with Crippen molar-refractivity contribution < 1.29 is 9.90 Å². The predicted molar refractivity (Wildman–Crippen MR) is 96.7 cm³/mol. The molecule has 2 atom stereocenters. The Hall–Kier alpha value is -0.910. The Bertz CT molecular complexity index is 571. The Morgan fingerprint density at radius 2 is 1.92 bits per heavy atom. The number of aliphatic hydroxyl groups excluding tert-OH is 1. The normalized spacial score (nSPS) is 28.7. The highest BCUT2D eigenvalue weighted by atomic mass is 32.1. The van der Waals surface area contributed by atoms with Crippen LogP contribution in [0.25, 0.3) is 0 Å². The van der Waals surface area contributed by atoms with Crippen LogP contribution in [-0.4, -0.2) is 47.2 Å². The summed E-state index contributed by atoms with van der Waals surface area (Å²) in [5, 5.41) is 13.5. The second kappa shape index (κ2) is 7.14. The first-order chi connectivity index (χ1) is 11.7. The number of aliphatic hydroxyl groups is 1. The second-order valence-corrected chi connectivity index (χ2v) is 8.75. The highest BCUT2D eigenvalue weighted by Crippen LogP contribution is 2.31. The van der Waals surface area contributed by atoms with Gasteiger partial charge in [0.05, 0.1) is 11.0 Å². The number of thiophene rings is 1. The molecule has 0 bridgehead atoms. The van der Waals surface area contributed by atoms with E-state index in [1.807, 2.05) is 0 Å². The average molecular weight is 349 g/mol. The van der Waals surface area contributed by atoms with E-state index in [0.717, 1.165) is 62.9 Å². The van der Waals surface area contributed by atoms with Crippen molar-refractivity contribution in [3.05, 3.63) is 21.4 Å². The van der Waals surface area contributed by atoms with Gasteiger partial charge in [0, 0.05) is 30.1 Å². The van der Waals surface area contributed by atoms with Gasteiger partial charge in [0.25, 0.3) is 5.91 Å². The van der Waals surface area contributed by atoms with Crippen molar-refractivity contribution in [2.45, 2.75) is 76.0 Å². The molecule has 1 saturated heterocycles. The van der Waals surface area contributed by atoms with Gasteiger partial charge in [0.1, 0.15) is 0 Å². The first kappa shape index (κ1) is 16.6. The molecule has 2 aliphatic carbocycles. The Kier molecular flexibility index (Phi) is 4.93. The third-order valence-corrected chi connectivity index (χ3v) is 7.23. The summed E-state index contributed by atoms with van der Waals surface area (Å²) >= 11 is 1.69.